The minimum absolute atomic E-state index is 0.0677. The van der Waals surface area contributed by atoms with Crippen molar-refractivity contribution in [3.05, 3.63) is 0 Å². The SMILES string of the molecule is NC(N)=NC1CC1(O)C(=O)NC1CC(N)C(OC2OC(CNCCO)C(O)CC2N)C(O)C1OC1OC(CO)C(O)C(N)C1O. The van der Waals surface area contributed by atoms with Gasteiger partial charge in [0.1, 0.15) is 36.6 Å². The normalized spacial score (nSPS) is 46.8. The van der Waals surface area contributed by atoms with Crippen molar-refractivity contribution >= 4 is 11.9 Å². The molecule has 16 atom stereocenters. The van der Waals surface area contributed by atoms with Crippen molar-refractivity contribution in [2.45, 2.75) is 116 Å². The van der Waals surface area contributed by atoms with Crippen LogP contribution in [0.15, 0.2) is 4.99 Å². The molecule has 20 nitrogen and oxygen atoms in total. The number of aliphatic imine (C=N–C) groups is 1. The van der Waals surface area contributed by atoms with Crippen molar-refractivity contribution in [3.8, 4) is 0 Å². The Morgan fingerprint density at radius 3 is 2.22 bits per heavy atom. The smallest absolute Gasteiger partial charge is 0.254 e. The average molecular weight is 653 g/mol. The van der Waals surface area contributed by atoms with Gasteiger partial charge in [0.15, 0.2) is 24.1 Å². The summed E-state index contributed by atoms with van der Waals surface area (Å²) in [4.78, 5) is 17.0. The van der Waals surface area contributed by atoms with Gasteiger partial charge in [-0.1, -0.05) is 0 Å². The second kappa shape index (κ2) is 14.9. The Hall–Kier alpha value is -1.86. The standard InChI is InChI=1S/C25H48N8O12/c26-8-3-10(32-23(40)25(41)5-14(25)33-24(29)30)20(45-22-17(38)15(28)16(37)13(7-35)43-22)18(39)19(8)44-21-9(27)4-11(36)12(42-21)6-31-1-2-34/h8-22,31,34-39,41H,1-7,26-28H2,(H,32,40)(H4,29,30,33). The molecule has 45 heavy (non-hydrogen) atoms. The van der Waals surface area contributed by atoms with Crippen LogP contribution >= 0.6 is 0 Å². The van der Waals surface area contributed by atoms with Gasteiger partial charge in [-0.25, -0.2) is 4.99 Å². The average Bonchev–Trinajstić information content (AvgIpc) is 3.64. The molecular formula is C25H48N8O12. The number of amides is 1. The highest BCUT2D eigenvalue weighted by Crippen LogP contribution is 2.40. The number of aliphatic hydroxyl groups is 7. The van der Waals surface area contributed by atoms with Gasteiger partial charge in [-0.3, -0.25) is 4.79 Å². The largest absolute Gasteiger partial charge is 0.395 e. The Kier molecular flexibility index (Phi) is 11.9. The van der Waals surface area contributed by atoms with Gasteiger partial charge in [0.2, 0.25) is 0 Å². The van der Waals surface area contributed by atoms with E-state index >= 15 is 0 Å². The molecule has 20 heteroatoms. The van der Waals surface area contributed by atoms with E-state index in [9.17, 15) is 35.4 Å². The first-order chi connectivity index (χ1) is 21.2. The van der Waals surface area contributed by atoms with Gasteiger partial charge >= 0.3 is 0 Å². The summed E-state index contributed by atoms with van der Waals surface area (Å²) in [7, 11) is 0. The Balaban J connectivity index is 1.54. The fourth-order valence-electron chi connectivity index (χ4n) is 5.93. The number of carbonyl (C=O) groups excluding carboxylic acids is 1. The molecule has 2 saturated heterocycles. The molecular weight excluding hydrogens is 604 g/mol. The minimum Gasteiger partial charge on any atom is -0.395 e. The predicted octanol–water partition coefficient (Wildman–Crippen LogP) is -8.74. The number of nitrogens with one attached hydrogen (secondary N) is 2. The third-order valence-electron chi connectivity index (χ3n) is 8.68. The summed E-state index contributed by atoms with van der Waals surface area (Å²) in [5.74, 6) is -1.19. The number of hydrogen-bond donors (Lipinski definition) is 14. The van der Waals surface area contributed by atoms with Crippen LogP contribution in [0.5, 0.6) is 0 Å². The molecule has 0 aromatic heterocycles. The number of guanidine groups is 1. The molecule has 4 rings (SSSR count). The molecule has 4 aliphatic rings. The molecule has 2 aliphatic heterocycles. The Morgan fingerprint density at radius 1 is 0.911 bits per heavy atom. The molecule has 0 aromatic carbocycles. The molecule has 2 saturated carbocycles. The molecule has 0 aromatic rings. The van der Waals surface area contributed by atoms with Gasteiger partial charge < -0.3 is 94.0 Å². The fourth-order valence-corrected chi connectivity index (χ4v) is 5.93. The number of ether oxygens (including phenoxy) is 4. The molecule has 2 aliphatic carbocycles. The first kappa shape index (κ1) is 36.0. The minimum atomic E-state index is -1.94. The van der Waals surface area contributed by atoms with Crippen molar-refractivity contribution in [1.82, 2.24) is 10.6 Å². The van der Waals surface area contributed by atoms with Crippen LogP contribution in [0.4, 0.5) is 0 Å². The number of rotatable bonds is 12. The van der Waals surface area contributed by atoms with Crippen LogP contribution in [-0.4, -0.2) is 171 Å². The van der Waals surface area contributed by atoms with Crippen molar-refractivity contribution < 1.29 is 59.5 Å². The van der Waals surface area contributed by atoms with E-state index in [1.165, 1.54) is 0 Å². The molecule has 0 radical (unpaired) electrons. The summed E-state index contributed by atoms with van der Waals surface area (Å²) in [5.41, 5.74) is 27.4. The summed E-state index contributed by atoms with van der Waals surface area (Å²) in [6.07, 6.45) is -13.1. The highest BCUT2D eigenvalue weighted by molar-refractivity contribution is 5.90. The number of nitrogens with zero attached hydrogens (tertiary/aromatic N) is 1. The lowest BCUT2D eigenvalue weighted by atomic mass is 9.83. The van der Waals surface area contributed by atoms with E-state index in [0.29, 0.717) is 0 Å². The highest BCUT2D eigenvalue weighted by Gasteiger charge is 2.61. The van der Waals surface area contributed by atoms with Crippen LogP contribution in [0.25, 0.3) is 0 Å². The zero-order chi connectivity index (χ0) is 33.2. The summed E-state index contributed by atoms with van der Waals surface area (Å²) >= 11 is 0. The Labute approximate surface area is 258 Å². The monoisotopic (exact) mass is 652 g/mol. The lowest BCUT2D eigenvalue weighted by Crippen LogP contribution is -2.69. The molecule has 260 valence electrons. The number of hydrogen-bond acceptors (Lipinski definition) is 17. The molecule has 0 bridgehead atoms. The van der Waals surface area contributed by atoms with E-state index in [4.69, 9.17) is 52.7 Å². The highest BCUT2D eigenvalue weighted by atomic mass is 16.7. The van der Waals surface area contributed by atoms with Crippen LogP contribution in [-0.2, 0) is 23.7 Å². The van der Waals surface area contributed by atoms with Crippen molar-refractivity contribution in [1.29, 1.82) is 0 Å². The molecule has 16 unspecified atom stereocenters. The van der Waals surface area contributed by atoms with E-state index in [1.54, 1.807) is 0 Å². The summed E-state index contributed by atoms with van der Waals surface area (Å²) in [5, 5.41) is 78.0. The van der Waals surface area contributed by atoms with Gasteiger partial charge in [0, 0.05) is 25.6 Å². The summed E-state index contributed by atoms with van der Waals surface area (Å²) in [6.45, 7) is -0.357. The van der Waals surface area contributed by atoms with Crippen LogP contribution in [0.1, 0.15) is 19.3 Å². The first-order valence-electron chi connectivity index (χ1n) is 14.9. The summed E-state index contributed by atoms with van der Waals surface area (Å²) in [6, 6.07) is -5.08. The number of nitrogens with two attached hydrogens (primary N) is 5. The van der Waals surface area contributed by atoms with E-state index in [1.807, 2.05) is 0 Å². The topological polar surface area (TPSA) is 362 Å². The van der Waals surface area contributed by atoms with Gasteiger partial charge in [0.25, 0.3) is 5.91 Å². The number of carbonyl (C=O) groups is 1. The zero-order valence-electron chi connectivity index (χ0n) is 24.6. The van der Waals surface area contributed by atoms with E-state index in [0.717, 1.165) is 0 Å². The van der Waals surface area contributed by atoms with E-state index in [-0.39, 0.29) is 44.9 Å². The van der Waals surface area contributed by atoms with Crippen molar-refractivity contribution in [3.63, 3.8) is 0 Å². The molecule has 1 amide bonds. The molecule has 2 heterocycles. The molecule has 0 spiro atoms. The van der Waals surface area contributed by atoms with Crippen LogP contribution in [0, 0.1) is 0 Å². The van der Waals surface area contributed by atoms with Crippen LogP contribution < -0.4 is 39.3 Å². The maximum absolute atomic E-state index is 13.1. The lowest BCUT2D eigenvalue weighted by molar-refractivity contribution is -0.316. The maximum atomic E-state index is 13.1. The Bertz CT molecular complexity index is 1030. The van der Waals surface area contributed by atoms with Gasteiger partial charge in [-0.2, -0.15) is 0 Å². The molecule has 19 N–H and O–H groups in total. The number of aliphatic hydroxyl groups excluding tert-OH is 6. The van der Waals surface area contributed by atoms with Crippen molar-refractivity contribution in [2.75, 3.05) is 26.3 Å². The maximum Gasteiger partial charge on any atom is 0.254 e. The van der Waals surface area contributed by atoms with Crippen molar-refractivity contribution in [2.24, 2.45) is 33.7 Å². The second-order valence-electron chi connectivity index (χ2n) is 12.1. The third kappa shape index (κ3) is 8.00. The first-order valence-corrected chi connectivity index (χ1v) is 14.9. The van der Waals surface area contributed by atoms with E-state index < -0.39 is 110 Å². The lowest BCUT2D eigenvalue weighted by Gasteiger charge is -2.48. The van der Waals surface area contributed by atoms with Gasteiger partial charge in [-0.05, 0) is 12.8 Å². The fraction of sp³-hybridized carbons (Fsp3) is 0.920. The quantitative estimate of drug-likeness (QED) is 0.0528. The van der Waals surface area contributed by atoms with Crippen LogP contribution in [0.3, 0.4) is 0 Å². The van der Waals surface area contributed by atoms with Gasteiger partial charge in [-0.15, -0.1) is 0 Å². The zero-order valence-corrected chi connectivity index (χ0v) is 24.6. The summed E-state index contributed by atoms with van der Waals surface area (Å²) < 4.78 is 23.5. The van der Waals surface area contributed by atoms with Gasteiger partial charge in [0.05, 0.1) is 49.6 Å². The van der Waals surface area contributed by atoms with E-state index in [2.05, 4.69) is 15.6 Å². The third-order valence-corrected chi connectivity index (χ3v) is 8.68. The van der Waals surface area contributed by atoms with Crippen LogP contribution in [0.2, 0.25) is 0 Å². The molecule has 4 fully saturated rings. The Morgan fingerprint density at radius 2 is 1.58 bits per heavy atom. The second-order valence-corrected chi connectivity index (χ2v) is 12.1. The predicted molar refractivity (Wildman–Crippen MR) is 152 cm³/mol.